The zero-order chi connectivity index (χ0) is 16.9. The second-order valence-electron chi connectivity index (χ2n) is 5.80. The average molecular weight is 328 g/mol. The van der Waals surface area contributed by atoms with Crippen molar-refractivity contribution in [2.75, 3.05) is 0 Å². The van der Waals surface area contributed by atoms with Gasteiger partial charge in [-0.1, -0.05) is 39.3 Å². The average Bonchev–Trinajstić information content (AvgIpc) is 2.42. The van der Waals surface area contributed by atoms with E-state index < -0.39 is 24.0 Å². The van der Waals surface area contributed by atoms with Crippen molar-refractivity contribution in [3.8, 4) is 5.75 Å². The van der Waals surface area contributed by atoms with Crippen LogP contribution < -0.4 is 10.1 Å². The monoisotopic (exact) mass is 327 g/mol. The fourth-order valence-electron chi connectivity index (χ4n) is 1.90. The summed E-state index contributed by atoms with van der Waals surface area (Å²) < 4.78 is 5.69. The summed E-state index contributed by atoms with van der Waals surface area (Å²) in [6.07, 6.45) is -0.776. The van der Waals surface area contributed by atoms with Gasteiger partial charge in [0.15, 0.2) is 6.10 Å². The lowest BCUT2D eigenvalue weighted by atomic mass is 10.0. The fourth-order valence-corrected chi connectivity index (χ4v) is 2.03. The first kappa shape index (κ1) is 18.3. The summed E-state index contributed by atoms with van der Waals surface area (Å²) in [5.74, 6) is -1.32. The maximum Gasteiger partial charge on any atom is 0.326 e. The highest BCUT2D eigenvalue weighted by molar-refractivity contribution is 6.30. The molecule has 0 bridgehead atoms. The number of hydrogen-bond donors (Lipinski definition) is 2. The third kappa shape index (κ3) is 5.22. The molecular weight excluding hydrogens is 306 g/mol. The van der Waals surface area contributed by atoms with E-state index in [2.05, 4.69) is 5.32 Å². The quantitative estimate of drug-likeness (QED) is 0.807. The molecule has 122 valence electrons. The Morgan fingerprint density at radius 3 is 2.05 bits per heavy atom. The van der Waals surface area contributed by atoms with Gasteiger partial charge >= 0.3 is 5.97 Å². The van der Waals surface area contributed by atoms with Gasteiger partial charge in [-0.2, -0.15) is 0 Å². The van der Waals surface area contributed by atoms with E-state index in [9.17, 15) is 9.59 Å². The summed E-state index contributed by atoms with van der Waals surface area (Å²) in [6, 6.07) is 5.73. The predicted molar refractivity (Wildman–Crippen MR) is 85.1 cm³/mol. The number of ether oxygens (including phenoxy) is 1. The van der Waals surface area contributed by atoms with Crippen LogP contribution in [0.15, 0.2) is 24.3 Å². The Hall–Kier alpha value is -1.75. The molecule has 1 rings (SSSR count). The number of benzene rings is 1. The van der Waals surface area contributed by atoms with E-state index in [1.54, 1.807) is 38.1 Å². The van der Waals surface area contributed by atoms with Gasteiger partial charge in [-0.15, -0.1) is 0 Å². The van der Waals surface area contributed by atoms with E-state index >= 15 is 0 Å². The standard InChI is InChI=1S/C16H22ClNO4/c1-9(2)13(16(20)21)18-15(19)14(10(3)4)22-12-7-5-11(17)6-8-12/h5-10,13-14H,1-4H3,(H,18,19)(H,20,21). The zero-order valence-corrected chi connectivity index (χ0v) is 13.9. The van der Waals surface area contributed by atoms with Gasteiger partial charge in [-0.3, -0.25) is 4.79 Å². The van der Waals surface area contributed by atoms with Gasteiger partial charge in [-0.25, -0.2) is 4.79 Å². The summed E-state index contributed by atoms with van der Waals surface area (Å²) in [6.45, 7) is 7.16. The highest BCUT2D eigenvalue weighted by Gasteiger charge is 2.30. The van der Waals surface area contributed by atoms with Crippen molar-refractivity contribution in [3.05, 3.63) is 29.3 Å². The summed E-state index contributed by atoms with van der Waals surface area (Å²) in [4.78, 5) is 23.5. The molecule has 1 aromatic rings. The summed E-state index contributed by atoms with van der Waals surface area (Å²) >= 11 is 5.81. The highest BCUT2D eigenvalue weighted by atomic mass is 35.5. The molecule has 0 aliphatic carbocycles. The van der Waals surface area contributed by atoms with Crippen molar-refractivity contribution in [2.24, 2.45) is 11.8 Å². The lowest BCUT2D eigenvalue weighted by Crippen LogP contribution is -2.51. The minimum absolute atomic E-state index is 0.114. The number of carboxylic acids is 1. The van der Waals surface area contributed by atoms with Gasteiger partial charge in [0, 0.05) is 5.02 Å². The maximum atomic E-state index is 12.3. The van der Waals surface area contributed by atoms with Crippen LogP contribution in [0.2, 0.25) is 5.02 Å². The summed E-state index contributed by atoms with van der Waals surface area (Å²) in [7, 11) is 0. The van der Waals surface area contributed by atoms with E-state index in [0.29, 0.717) is 10.8 Å². The Bertz CT molecular complexity index is 513. The molecule has 0 fully saturated rings. The zero-order valence-electron chi connectivity index (χ0n) is 13.2. The van der Waals surface area contributed by atoms with Crippen LogP contribution in [0.3, 0.4) is 0 Å². The number of halogens is 1. The van der Waals surface area contributed by atoms with E-state index in [4.69, 9.17) is 21.4 Å². The highest BCUT2D eigenvalue weighted by Crippen LogP contribution is 2.19. The van der Waals surface area contributed by atoms with Crippen LogP contribution in [0.25, 0.3) is 0 Å². The van der Waals surface area contributed by atoms with E-state index in [1.807, 2.05) is 13.8 Å². The van der Waals surface area contributed by atoms with E-state index in [0.717, 1.165) is 0 Å². The van der Waals surface area contributed by atoms with Crippen molar-refractivity contribution >= 4 is 23.5 Å². The lowest BCUT2D eigenvalue weighted by molar-refractivity contribution is -0.144. The predicted octanol–water partition coefficient (Wildman–Crippen LogP) is 2.97. The molecule has 6 heteroatoms. The molecule has 0 aromatic heterocycles. The van der Waals surface area contributed by atoms with Crippen molar-refractivity contribution in [3.63, 3.8) is 0 Å². The Morgan fingerprint density at radius 1 is 1.09 bits per heavy atom. The largest absolute Gasteiger partial charge is 0.480 e. The van der Waals surface area contributed by atoms with Gasteiger partial charge in [0.1, 0.15) is 11.8 Å². The molecule has 5 nitrogen and oxygen atoms in total. The van der Waals surface area contributed by atoms with Crippen molar-refractivity contribution in [2.45, 2.75) is 39.8 Å². The second kappa shape index (κ2) is 8.03. The van der Waals surface area contributed by atoms with Crippen molar-refractivity contribution < 1.29 is 19.4 Å². The van der Waals surface area contributed by atoms with Gasteiger partial charge in [0.25, 0.3) is 5.91 Å². The first-order chi connectivity index (χ1) is 10.2. The number of hydrogen-bond acceptors (Lipinski definition) is 3. The lowest BCUT2D eigenvalue weighted by Gasteiger charge is -2.25. The number of carbonyl (C=O) groups is 2. The molecule has 0 heterocycles. The molecule has 0 saturated heterocycles. The number of amides is 1. The van der Waals surface area contributed by atoms with Crippen LogP contribution in [-0.4, -0.2) is 29.1 Å². The van der Waals surface area contributed by atoms with Gasteiger partial charge < -0.3 is 15.2 Å². The molecule has 1 amide bonds. The maximum absolute atomic E-state index is 12.3. The molecule has 0 aliphatic rings. The summed E-state index contributed by atoms with van der Waals surface area (Å²) in [5, 5.41) is 12.3. The minimum Gasteiger partial charge on any atom is -0.480 e. The number of carboxylic acid groups (broad SMARTS) is 1. The van der Waals surface area contributed by atoms with Gasteiger partial charge in [0.05, 0.1) is 0 Å². The Balaban J connectivity index is 2.83. The first-order valence-corrected chi connectivity index (χ1v) is 7.55. The number of carbonyl (C=O) groups excluding carboxylic acids is 1. The van der Waals surface area contributed by atoms with Crippen LogP contribution in [0, 0.1) is 11.8 Å². The van der Waals surface area contributed by atoms with Crippen molar-refractivity contribution in [1.29, 1.82) is 0 Å². The molecule has 0 spiro atoms. The van der Waals surface area contributed by atoms with Gasteiger partial charge in [-0.05, 0) is 36.1 Å². The molecule has 2 unspecified atom stereocenters. The van der Waals surface area contributed by atoms with Crippen LogP contribution >= 0.6 is 11.6 Å². The topological polar surface area (TPSA) is 75.6 Å². The molecule has 0 aliphatic heterocycles. The number of aliphatic carboxylic acids is 1. The molecule has 2 N–H and O–H groups in total. The van der Waals surface area contributed by atoms with Gasteiger partial charge in [0.2, 0.25) is 0 Å². The third-order valence-corrected chi connectivity index (χ3v) is 3.42. The number of nitrogens with one attached hydrogen (secondary N) is 1. The van der Waals surface area contributed by atoms with Crippen molar-refractivity contribution in [1.82, 2.24) is 5.32 Å². The third-order valence-electron chi connectivity index (χ3n) is 3.17. The van der Waals surface area contributed by atoms with E-state index in [1.165, 1.54) is 0 Å². The molecule has 2 atom stereocenters. The second-order valence-corrected chi connectivity index (χ2v) is 6.24. The molecule has 0 saturated carbocycles. The molecule has 1 aromatic carbocycles. The minimum atomic E-state index is -1.06. The number of rotatable bonds is 7. The summed E-state index contributed by atoms with van der Waals surface area (Å²) in [5.41, 5.74) is 0. The Labute approximate surface area is 135 Å². The van der Waals surface area contributed by atoms with E-state index in [-0.39, 0.29) is 11.8 Å². The fraction of sp³-hybridized carbons (Fsp3) is 0.500. The molecule has 0 radical (unpaired) electrons. The van der Waals surface area contributed by atoms with Crippen LogP contribution in [0.1, 0.15) is 27.7 Å². The SMILES string of the molecule is CC(C)C(NC(=O)C(Oc1ccc(Cl)cc1)C(C)C)C(=O)O. The molecule has 22 heavy (non-hydrogen) atoms. The first-order valence-electron chi connectivity index (χ1n) is 7.17. The van der Waals surface area contributed by atoms with Crippen LogP contribution in [0.5, 0.6) is 5.75 Å². The molecular formula is C16H22ClNO4. The van der Waals surface area contributed by atoms with Crippen LogP contribution in [0.4, 0.5) is 0 Å². The Morgan fingerprint density at radius 2 is 1.64 bits per heavy atom. The Kier molecular flexibility index (Phi) is 6.68. The van der Waals surface area contributed by atoms with Crippen LogP contribution in [-0.2, 0) is 9.59 Å². The normalized spacial score (nSPS) is 13.8. The smallest absolute Gasteiger partial charge is 0.326 e.